The van der Waals surface area contributed by atoms with Crippen LogP contribution < -0.4 is 14.5 Å². The molecule has 0 saturated carbocycles. The van der Waals surface area contributed by atoms with E-state index in [1.165, 1.54) is 4.90 Å². The first kappa shape index (κ1) is 33.7. The van der Waals surface area contributed by atoms with Gasteiger partial charge in [-0.1, -0.05) is 18.1 Å². The molecule has 0 amide bonds. The van der Waals surface area contributed by atoms with Crippen molar-refractivity contribution < 1.29 is 41.7 Å². The van der Waals surface area contributed by atoms with Crippen molar-refractivity contribution in [1.29, 1.82) is 0 Å². The number of morpholine rings is 1. The molecule has 52 heavy (non-hydrogen) atoms. The molecule has 4 atom stereocenters. The van der Waals surface area contributed by atoms with Crippen LogP contribution in [0.15, 0.2) is 53.2 Å². The SMILES string of the molecule is CC(c1nc(N2C[C@@H](Oc3ncc(C#Cc4ccn(C)n4)cc3N3CCOC4(COC4)[C@@H]3C)C[C@H]2C(=O)O)c2oc3ccccc3c2n1)C(F)(F)F. The maximum absolute atomic E-state index is 14.0. The van der Waals surface area contributed by atoms with Gasteiger partial charge in [0, 0.05) is 43.4 Å². The molecule has 3 aliphatic rings. The summed E-state index contributed by atoms with van der Waals surface area (Å²) in [5, 5.41) is 15.2. The van der Waals surface area contributed by atoms with Crippen LogP contribution in [0.1, 0.15) is 43.3 Å². The minimum Gasteiger partial charge on any atom is -0.480 e. The third-order valence-electron chi connectivity index (χ3n) is 10.0. The van der Waals surface area contributed by atoms with Gasteiger partial charge in [-0.3, -0.25) is 4.68 Å². The fraction of sp³-hybridized carbons (Fsp3) is 0.417. The van der Waals surface area contributed by atoms with Gasteiger partial charge >= 0.3 is 12.1 Å². The van der Waals surface area contributed by atoms with Gasteiger partial charge in [0.05, 0.1) is 32.4 Å². The van der Waals surface area contributed by atoms with Crippen molar-refractivity contribution in [2.45, 2.75) is 56.2 Å². The van der Waals surface area contributed by atoms with Crippen LogP contribution in [0.2, 0.25) is 0 Å². The molecule has 4 aromatic heterocycles. The van der Waals surface area contributed by atoms with E-state index in [4.69, 9.17) is 18.6 Å². The molecule has 3 aliphatic heterocycles. The van der Waals surface area contributed by atoms with Gasteiger partial charge in [0.2, 0.25) is 5.88 Å². The maximum atomic E-state index is 14.0. The van der Waals surface area contributed by atoms with E-state index in [0.717, 1.165) is 6.92 Å². The monoisotopic (exact) mass is 717 g/mol. The smallest absolute Gasteiger partial charge is 0.398 e. The molecule has 1 unspecified atom stereocenters. The predicted octanol–water partition coefficient (Wildman–Crippen LogP) is 4.68. The van der Waals surface area contributed by atoms with Gasteiger partial charge in [-0.15, -0.1) is 0 Å². The molecule has 7 heterocycles. The van der Waals surface area contributed by atoms with Gasteiger partial charge in [-0.2, -0.15) is 18.3 Å². The van der Waals surface area contributed by atoms with Crippen molar-refractivity contribution in [2.24, 2.45) is 7.05 Å². The molecule has 3 saturated heterocycles. The first-order valence-corrected chi connectivity index (χ1v) is 16.8. The van der Waals surface area contributed by atoms with Crippen LogP contribution in [0, 0.1) is 11.8 Å². The number of pyridine rings is 1. The fourth-order valence-electron chi connectivity index (χ4n) is 6.96. The van der Waals surface area contributed by atoms with Crippen molar-refractivity contribution in [1.82, 2.24) is 24.7 Å². The van der Waals surface area contributed by atoms with Crippen LogP contribution >= 0.6 is 0 Å². The Kier molecular flexibility index (Phi) is 8.22. The zero-order chi connectivity index (χ0) is 36.4. The standard InChI is InChI=1S/C36H34F3N7O6/c1-20(36(37,38)39)31-41-29-25-6-4-5-7-28(25)52-30(29)32(42-31)46-17-24(15-27(46)34(47)48)51-33-26(45-12-13-50-35(21(45)2)18-49-19-35)14-22(16-40-33)8-9-23-10-11-44(3)43-23/h4-7,10-11,14,16,20-21,24,27H,12-13,15,17-19H2,1-3H3,(H,47,48)/t20?,21-,24-,27-/m0/s1. The number of carbonyl (C=O) groups is 1. The summed E-state index contributed by atoms with van der Waals surface area (Å²) >= 11 is 0. The topological polar surface area (TPSA) is 141 Å². The van der Waals surface area contributed by atoms with E-state index in [1.807, 2.05) is 20.0 Å². The zero-order valence-corrected chi connectivity index (χ0v) is 28.4. The van der Waals surface area contributed by atoms with E-state index in [-0.39, 0.29) is 41.8 Å². The summed E-state index contributed by atoms with van der Waals surface area (Å²) in [6, 6.07) is 9.17. The molecule has 0 bridgehead atoms. The number of carboxylic acids is 1. The largest absolute Gasteiger partial charge is 0.480 e. The molecule has 8 rings (SSSR count). The molecule has 3 fully saturated rings. The average Bonchev–Trinajstić information content (AvgIpc) is 3.83. The first-order valence-electron chi connectivity index (χ1n) is 16.8. The van der Waals surface area contributed by atoms with E-state index in [9.17, 15) is 23.1 Å². The van der Waals surface area contributed by atoms with Crippen molar-refractivity contribution >= 4 is 39.5 Å². The summed E-state index contributed by atoms with van der Waals surface area (Å²) in [4.78, 5) is 29.6. The molecule has 0 radical (unpaired) electrons. The van der Waals surface area contributed by atoms with E-state index in [2.05, 4.69) is 36.8 Å². The van der Waals surface area contributed by atoms with Crippen LogP contribution in [0.3, 0.4) is 0 Å². The van der Waals surface area contributed by atoms with Crippen LogP contribution in [0.25, 0.3) is 22.1 Å². The molecule has 1 spiro atoms. The van der Waals surface area contributed by atoms with Gasteiger partial charge in [0.15, 0.2) is 11.4 Å². The number of aromatic nitrogens is 5. The summed E-state index contributed by atoms with van der Waals surface area (Å²) in [6.07, 6.45) is -2.01. The third-order valence-corrected chi connectivity index (χ3v) is 10.0. The fourth-order valence-corrected chi connectivity index (χ4v) is 6.96. The Bertz CT molecular complexity index is 2240. The van der Waals surface area contributed by atoms with Gasteiger partial charge < -0.3 is 33.5 Å². The van der Waals surface area contributed by atoms with Crippen LogP contribution in [0.5, 0.6) is 5.88 Å². The number of furan rings is 1. The molecule has 16 heteroatoms. The highest BCUT2D eigenvalue weighted by Gasteiger charge is 2.50. The number of aryl methyl sites for hydroxylation is 1. The lowest BCUT2D eigenvalue weighted by molar-refractivity contribution is -0.228. The molecular weight excluding hydrogens is 683 g/mol. The second-order valence-corrected chi connectivity index (χ2v) is 13.4. The number of rotatable bonds is 6. The summed E-state index contributed by atoms with van der Waals surface area (Å²) in [7, 11) is 1.81. The highest BCUT2D eigenvalue weighted by molar-refractivity contribution is 6.06. The number of nitrogens with zero attached hydrogens (tertiary/aromatic N) is 7. The Morgan fingerprint density at radius 1 is 1.15 bits per heavy atom. The number of ether oxygens (including phenoxy) is 3. The Balaban J connectivity index is 1.17. The number of fused-ring (bicyclic) bond motifs is 3. The number of benzene rings is 1. The highest BCUT2D eigenvalue weighted by Crippen LogP contribution is 2.42. The normalized spacial score (nSPS) is 22.0. The van der Waals surface area contributed by atoms with Crippen molar-refractivity contribution in [3.63, 3.8) is 0 Å². The van der Waals surface area contributed by atoms with E-state index in [1.54, 1.807) is 47.4 Å². The summed E-state index contributed by atoms with van der Waals surface area (Å²) < 4.78 is 67.9. The third kappa shape index (κ3) is 5.93. The number of para-hydroxylation sites is 1. The lowest BCUT2D eigenvalue weighted by Crippen LogP contribution is -2.68. The Morgan fingerprint density at radius 2 is 1.96 bits per heavy atom. The lowest BCUT2D eigenvalue weighted by atomic mass is 9.90. The summed E-state index contributed by atoms with van der Waals surface area (Å²) in [5.41, 5.74) is 2.00. The van der Waals surface area contributed by atoms with Gasteiger partial charge in [0.25, 0.3) is 0 Å². The number of alkyl halides is 3. The Labute approximate surface area is 295 Å². The van der Waals surface area contributed by atoms with Gasteiger partial charge in [0.1, 0.15) is 52.0 Å². The van der Waals surface area contributed by atoms with Crippen molar-refractivity contribution in [3.8, 4) is 17.7 Å². The molecule has 270 valence electrons. The highest BCUT2D eigenvalue weighted by atomic mass is 19.4. The minimum atomic E-state index is -4.63. The number of aliphatic carboxylic acids is 1. The van der Waals surface area contributed by atoms with Crippen LogP contribution in [0.4, 0.5) is 24.7 Å². The van der Waals surface area contributed by atoms with Crippen molar-refractivity contribution in [3.05, 3.63) is 65.9 Å². The van der Waals surface area contributed by atoms with Crippen molar-refractivity contribution in [2.75, 3.05) is 42.7 Å². The molecule has 1 aromatic carbocycles. The molecular formula is C36H34F3N7O6. The number of hydrogen-bond donors (Lipinski definition) is 1. The number of anilines is 2. The molecule has 0 aliphatic carbocycles. The van der Waals surface area contributed by atoms with Crippen LogP contribution in [-0.4, -0.2) is 98.7 Å². The second-order valence-electron chi connectivity index (χ2n) is 13.4. The molecule has 1 N–H and O–H groups in total. The number of hydrogen-bond acceptors (Lipinski definition) is 11. The Hall–Kier alpha value is -5.40. The number of halogens is 3. The van der Waals surface area contributed by atoms with Gasteiger partial charge in [-0.25, -0.2) is 19.7 Å². The zero-order valence-electron chi connectivity index (χ0n) is 28.4. The maximum Gasteiger partial charge on any atom is 0.398 e. The second kappa shape index (κ2) is 12.7. The average molecular weight is 718 g/mol. The summed E-state index contributed by atoms with van der Waals surface area (Å²) in [6.45, 7) is 4.83. The van der Waals surface area contributed by atoms with Crippen LogP contribution in [-0.2, 0) is 21.3 Å². The van der Waals surface area contributed by atoms with Gasteiger partial charge in [-0.05, 0) is 44.0 Å². The minimum absolute atomic E-state index is 0.00991. The van der Waals surface area contributed by atoms with E-state index < -0.39 is 41.6 Å². The number of carboxylic acid groups (broad SMARTS) is 1. The first-order chi connectivity index (χ1) is 24.9. The summed E-state index contributed by atoms with van der Waals surface area (Å²) in [5.74, 6) is 2.68. The Morgan fingerprint density at radius 3 is 2.67 bits per heavy atom. The quantitative estimate of drug-likeness (QED) is 0.244. The van der Waals surface area contributed by atoms with E-state index in [0.29, 0.717) is 54.3 Å². The predicted molar refractivity (Wildman–Crippen MR) is 181 cm³/mol. The molecule has 5 aromatic rings. The van der Waals surface area contributed by atoms with E-state index >= 15 is 0 Å². The molecule has 13 nitrogen and oxygen atoms in total. The lowest BCUT2D eigenvalue weighted by Gasteiger charge is -2.53.